The highest BCUT2D eigenvalue weighted by molar-refractivity contribution is 5.82. The maximum atomic E-state index is 13.1. The van der Waals surface area contributed by atoms with Gasteiger partial charge in [-0.1, -0.05) is 74.5 Å². The summed E-state index contributed by atoms with van der Waals surface area (Å²) in [7, 11) is 0. The molecule has 3 unspecified atom stereocenters. The number of benzene rings is 2. The topological polar surface area (TPSA) is 98.7 Å². The van der Waals surface area contributed by atoms with Gasteiger partial charge in [0.25, 0.3) is 0 Å². The molecule has 3 atom stereocenters. The first-order valence-electron chi connectivity index (χ1n) is 11.9. The number of aliphatic hydroxyl groups excluding tert-OH is 1. The Hall–Kier alpha value is -2.70. The molecule has 0 aromatic heterocycles. The fourth-order valence-corrected chi connectivity index (χ4v) is 3.88. The van der Waals surface area contributed by atoms with Crippen LogP contribution in [0.15, 0.2) is 60.7 Å². The normalized spacial score (nSPS) is 13.9. The molecule has 0 saturated carbocycles. The Morgan fingerprint density at radius 1 is 0.909 bits per heavy atom. The minimum Gasteiger partial charge on any atom is -0.481 e. The van der Waals surface area contributed by atoms with Gasteiger partial charge in [0, 0.05) is 6.42 Å². The molecule has 0 heterocycles. The number of aliphatic carboxylic acids is 1. The van der Waals surface area contributed by atoms with Crippen molar-refractivity contribution in [1.82, 2.24) is 10.6 Å². The number of nitrogens with one attached hydrogen (secondary N) is 2. The maximum absolute atomic E-state index is 13.1. The van der Waals surface area contributed by atoms with E-state index in [2.05, 4.69) is 22.8 Å². The number of rotatable bonds is 15. The van der Waals surface area contributed by atoms with Crippen molar-refractivity contribution < 1.29 is 19.8 Å². The molecule has 0 aliphatic carbocycles. The number of amides is 1. The Labute approximate surface area is 197 Å². The van der Waals surface area contributed by atoms with E-state index in [-0.39, 0.29) is 30.7 Å². The first kappa shape index (κ1) is 26.6. The van der Waals surface area contributed by atoms with Crippen LogP contribution in [0.25, 0.3) is 0 Å². The van der Waals surface area contributed by atoms with E-state index in [4.69, 9.17) is 5.11 Å². The van der Waals surface area contributed by atoms with Crippen molar-refractivity contribution in [2.75, 3.05) is 6.54 Å². The van der Waals surface area contributed by atoms with Gasteiger partial charge in [-0.15, -0.1) is 0 Å². The van der Waals surface area contributed by atoms with Crippen LogP contribution in [0.2, 0.25) is 0 Å². The second-order valence-corrected chi connectivity index (χ2v) is 8.92. The molecule has 0 spiro atoms. The van der Waals surface area contributed by atoms with Crippen molar-refractivity contribution in [2.45, 2.75) is 70.6 Å². The van der Waals surface area contributed by atoms with Gasteiger partial charge in [-0.3, -0.25) is 9.59 Å². The maximum Gasteiger partial charge on any atom is 0.303 e. The lowest BCUT2D eigenvalue weighted by Gasteiger charge is -2.28. The van der Waals surface area contributed by atoms with Gasteiger partial charge in [-0.05, 0) is 55.7 Å². The Morgan fingerprint density at radius 2 is 1.52 bits per heavy atom. The smallest absolute Gasteiger partial charge is 0.303 e. The summed E-state index contributed by atoms with van der Waals surface area (Å²) in [6.07, 6.45) is 2.45. The van der Waals surface area contributed by atoms with E-state index in [0.29, 0.717) is 6.42 Å². The lowest BCUT2D eigenvalue weighted by atomic mass is 9.96. The number of hydrogen-bond acceptors (Lipinski definition) is 4. The van der Waals surface area contributed by atoms with E-state index in [0.717, 1.165) is 31.4 Å². The van der Waals surface area contributed by atoms with Crippen molar-refractivity contribution >= 4 is 11.9 Å². The van der Waals surface area contributed by atoms with Gasteiger partial charge in [-0.2, -0.15) is 0 Å². The second-order valence-electron chi connectivity index (χ2n) is 8.92. The lowest BCUT2D eigenvalue weighted by molar-refractivity contribution is -0.137. The monoisotopic (exact) mass is 454 g/mol. The molecule has 0 aliphatic rings. The van der Waals surface area contributed by atoms with Crippen molar-refractivity contribution in [2.24, 2.45) is 5.92 Å². The third kappa shape index (κ3) is 10.2. The molecule has 0 fully saturated rings. The van der Waals surface area contributed by atoms with Crippen molar-refractivity contribution in [3.63, 3.8) is 0 Å². The number of carboxylic acids is 1. The molecule has 2 aromatic rings. The van der Waals surface area contributed by atoms with Gasteiger partial charge < -0.3 is 20.8 Å². The first-order valence-corrected chi connectivity index (χ1v) is 11.9. The minimum atomic E-state index is -0.962. The summed E-state index contributed by atoms with van der Waals surface area (Å²) in [4.78, 5) is 24.1. The molecule has 33 heavy (non-hydrogen) atoms. The summed E-state index contributed by atoms with van der Waals surface area (Å²) in [6.45, 7) is 4.72. The van der Waals surface area contributed by atoms with Crippen LogP contribution in [0.4, 0.5) is 0 Å². The molecule has 4 N–H and O–H groups in total. The average Bonchev–Trinajstić information content (AvgIpc) is 2.80. The van der Waals surface area contributed by atoms with Gasteiger partial charge in [0.2, 0.25) is 5.91 Å². The van der Waals surface area contributed by atoms with E-state index in [9.17, 15) is 14.7 Å². The van der Waals surface area contributed by atoms with Gasteiger partial charge in [0.05, 0.1) is 18.2 Å². The highest BCUT2D eigenvalue weighted by atomic mass is 16.4. The Balaban J connectivity index is 1.92. The molecule has 6 heteroatoms. The van der Waals surface area contributed by atoms with Crippen LogP contribution >= 0.6 is 0 Å². The number of carbonyl (C=O) groups excluding carboxylic acids is 1. The van der Waals surface area contributed by atoms with Gasteiger partial charge >= 0.3 is 5.97 Å². The molecule has 6 nitrogen and oxygen atoms in total. The quantitative estimate of drug-likeness (QED) is 0.308. The Bertz CT molecular complexity index is 827. The van der Waals surface area contributed by atoms with Gasteiger partial charge in [0.1, 0.15) is 0 Å². The number of carboxylic acid groups (broad SMARTS) is 1. The molecular weight excluding hydrogens is 416 g/mol. The van der Waals surface area contributed by atoms with Gasteiger partial charge in [0.15, 0.2) is 0 Å². The van der Waals surface area contributed by atoms with Crippen LogP contribution < -0.4 is 10.6 Å². The van der Waals surface area contributed by atoms with Crippen LogP contribution in [0.5, 0.6) is 0 Å². The summed E-state index contributed by atoms with van der Waals surface area (Å²) < 4.78 is 0. The zero-order chi connectivity index (χ0) is 24.1. The molecule has 0 aliphatic heterocycles. The average molecular weight is 455 g/mol. The van der Waals surface area contributed by atoms with Crippen LogP contribution in [0, 0.1) is 5.92 Å². The summed E-state index contributed by atoms with van der Waals surface area (Å²) in [5.74, 6) is -1.05. The summed E-state index contributed by atoms with van der Waals surface area (Å²) in [5.41, 5.74) is 2.29. The zero-order valence-electron chi connectivity index (χ0n) is 19.7. The predicted octanol–water partition coefficient (Wildman–Crippen LogP) is 3.58. The van der Waals surface area contributed by atoms with E-state index in [1.165, 1.54) is 5.56 Å². The molecule has 2 aromatic carbocycles. The summed E-state index contributed by atoms with van der Waals surface area (Å²) in [6, 6.07) is 19.0. The van der Waals surface area contributed by atoms with Crippen LogP contribution in [-0.2, 0) is 22.4 Å². The van der Waals surface area contributed by atoms with E-state index < -0.39 is 18.1 Å². The fourth-order valence-electron chi connectivity index (χ4n) is 3.88. The SMILES string of the molecule is CC(C)C(NCCCCc1ccccc1)C(=O)NC(Cc1ccccc1)C(O)CCC(=O)O. The van der Waals surface area contributed by atoms with Crippen LogP contribution in [0.1, 0.15) is 50.7 Å². The van der Waals surface area contributed by atoms with E-state index in [1.54, 1.807) is 0 Å². The second kappa shape index (κ2) is 14.4. The first-order chi connectivity index (χ1) is 15.9. The fraction of sp³-hybridized carbons (Fsp3) is 0.481. The zero-order valence-corrected chi connectivity index (χ0v) is 19.7. The molecule has 2 rings (SSSR count). The molecule has 0 radical (unpaired) electrons. The van der Waals surface area contributed by atoms with Crippen molar-refractivity contribution in [1.29, 1.82) is 0 Å². The highest BCUT2D eigenvalue weighted by Gasteiger charge is 2.27. The van der Waals surface area contributed by atoms with Crippen LogP contribution in [0.3, 0.4) is 0 Å². The number of aliphatic hydroxyl groups is 1. The van der Waals surface area contributed by atoms with E-state index >= 15 is 0 Å². The summed E-state index contributed by atoms with van der Waals surface area (Å²) in [5, 5.41) is 26.0. The van der Waals surface area contributed by atoms with Crippen molar-refractivity contribution in [3.05, 3.63) is 71.8 Å². The number of hydrogen-bond donors (Lipinski definition) is 4. The number of aryl methyl sites for hydroxylation is 1. The molecule has 180 valence electrons. The standard InChI is InChI=1S/C27H38N2O4/c1-20(2)26(28-18-10-9-13-21-11-5-3-6-12-21)27(33)29-23(24(30)16-17-25(31)32)19-22-14-7-4-8-15-22/h3-8,11-12,14-15,20,23-24,26,28,30H,9-10,13,16-19H2,1-2H3,(H,29,33)(H,31,32). The molecular formula is C27H38N2O4. The molecule has 0 bridgehead atoms. The number of carbonyl (C=O) groups is 2. The largest absolute Gasteiger partial charge is 0.481 e. The lowest BCUT2D eigenvalue weighted by Crippen LogP contribution is -2.54. The van der Waals surface area contributed by atoms with Crippen LogP contribution in [-0.4, -0.2) is 46.8 Å². The van der Waals surface area contributed by atoms with Crippen molar-refractivity contribution in [3.8, 4) is 0 Å². The number of unbranched alkanes of at least 4 members (excludes halogenated alkanes) is 1. The minimum absolute atomic E-state index is 0.0765. The predicted molar refractivity (Wildman–Crippen MR) is 131 cm³/mol. The van der Waals surface area contributed by atoms with E-state index in [1.807, 2.05) is 62.4 Å². The highest BCUT2D eigenvalue weighted by Crippen LogP contribution is 2.12. The Morgan fingerprint density at radius 3 is 2.09 bits per heavy atom. The third-order valence-electron chi connectivity index (χ3n) is 5.79. The molecule has 0 saturated heterocycles. The summed E-state index contributed by atoms with van der Waals surface area (Å²) >= 11 is 0. The third-order valence-corrected chi connectivity index (χ3v) is 5.79. The molecule has 1 amide bonds. The Kier molecular flexibility index (Phi) is 11.6. The van der Waals surface area contributed by atoms with Gasteiger partial charge in [-0.25, -0.2) is 0 Å².